The molecule has 2 N–H and O–H groups in total. The molecule has 2 atom stereocenters. The molecule has 1 saturated heterocycles. The Balaban J connectivity index is 1.54. The van der Waals surface area contributed by atoms with Crippen LogP contribution in [0.4, 0.5) is 0 Å². The van der Waals surface area contributed by atoms with Gasteiger partial charge in [-0.3, -0.25) is 9.89 Å². The summed E-state index contributed by atoms with van der Waals surface area (Å²) in [6.45, 7) is 9.51. The summed E-state index contributed by atoms with van der Waals surface area (Å²) in [7, 11) is 0. The number of benzene rings is 1. The van der Waals surface area contributed by atoms with Gasteiger partial charge in [-0.2, -0.15) is 0 Å². The van der Waals surface area contributed by atoms with Gasteiger partial charge in [-0.15, -0.1) is 11.3 Å². The first-order valence-electron chi connectivity index (χ1n) is 10.1. The van der Waals surface area contributed by atoms with Crippen molar-refractivity contribution in [2.24, 2.45) is 10.9 Å². The van der Waals surface area contributed by atoms with Crippen molar-refractivity contribution in [2.45, 2.75) is 39.3 Å². The van der Waals surface area contributed by atoms with E-state index in [1.807, 2.05) is 11.3 Å². The van der Waals surface area contributed by atoms with Crippen LogP contribution in [0.2, 0.25) is 0 Å². The maximum Gasteiger partial charge on any atom is 0.191 e. The van der Waals surface area contributed by atoms with Crippen molar-refractivity contribution in [2.75, 3.05) is 26.2 Å². The van der Waals surface area contributed by atoms with Crippen molar-refractivity contribution >= 4 is 17.3 Å². The van der Waals surface area contributed by atoms with E-state index in [-0.39, 0.29) is 6.04 Å². The van der Waals surface area contributed by atoms with E-state index in [2.05, 4.69) is 77.2 Å². The minimum absolute atomic E-state index is 0.241. The van der Waals surface area contributed by atoms with Gasteiger partial charge in [-0.05, 0) is 56.2 Å². The van der Waals surface area contributed by atoms with E-state index >= 15 is 0 Å². The molecule has 3 rings (SSSR count). The fourth-order valence-electron chi connectivity index (χ4n) is 3.64. The molecule has 2 aromatic rings. The van der Waals surface area contributed by atoms with E-state index in [1.165, 1.54) is 29.8 Å². The second kappa shape index (κ2) is 10.5. The quantitative estimate of drug-likeness (QED) is 0.553. The molecule has 1 aromatic heterocycles. The minimum atomic E-state index is 0.241. The Morgan fingerprint density at radius 1 is 1.26 bits per heavy atom. The van der Waals surface area contributed by atoms with Gasteiger partial charge < -0.3 is 10.6 Å². The van der Waals surface area contributed by atoms with Crippen molar-refractivity contribution in [3.63, 3.8) is 0 Å². The number of likely N-dealkylation sites (tertiary alicyclic amines) is 1. The molecule has 0 amide bonds. The number of rotatable bonds is 7. The molecule has 2 heterocycles. The Labute approximate surface area is 167 Å². The van der Waals surface area contributed by atoms with E-state index in [1.54, 1.807) is 0 Å². The second-order valence-corrected chi connectivity index (χ2v) is 8.35. The van der Waals surface area contributed by atoms with E-state index in [0.717, 1.165) is 32.1 Å². The van der Waals surface area contributed by atoms with Crippen LogP contribution in [0.25, 0.3) is 0 Å². The Morgan fingerprint density at radius 2 is 2.11 bits per heavy atom. The van der Waals surface area contributed by atoms with Crippen molar-refractivity contribution in [1.29, 1.82) is 0 Å². The van der Waals surface area contributed by atoms with Gasteiger partial charge in [0.05, 0.1) is 6.04 Å². The predicted molar refractivity (Wildman–Crippen MR) is 116 cm³/mol. The average molecular weight is 385 g/mol. The van der Waals surface area contributed by atoms with Crippen LogP contribution >= 0.6 is 11.3 Å². The highest BCUT2D eigenvalue weighted by molar-refractivity contribution is 7.09. The fraction of sp³-hybridized carbons (Fsp3) is 0.500. The third-order valence-corrected chi connectivity index (χ3v) is 5.93. The van der Waals surface area contributed by atoms with Crippen LogP contribution in [-0.2, 0) is 6.54 Å². The lowest BCUT2D eigenvalue weighted by Crippen LogP contribution is -2.40. The third kappa shape index (κ3) is 6.36. The topological polar surface area (TPSA) is 39.7 Å². The second-order valence-electron chi connectivity index (χ2n) is 7.32. The lowest BCUT2D eigenvalue weighted by atomic mass is 9.98. The highest BCUT2D eigenvalue weighted by atomic mass is 32.1. The van der Waals surface area contributed by atoms with Crippen LogP contribution in [0, 0.1) is 5.92 Å². The molecule has 0 saturated carbocycles. The largest absolute Gasteiger partial charge is 0.357 e. The molecule has 0 bridgehead atoms. The molecule has 4 nitrogen and oxygen atoms in total. The van der Waals surface area contributed by atoms with Crippen LogP contribution in [0.3, 0.4) is 0 Å². The van der Waals surface area contributed by atoms with E-state index in [0.29, 0.717) is 5.92 Å². The number of nitrogens with zero attached hydrogens (tertiary/aromatic N) is 2. The molecule has 1 aromatic carbocycles. The Kier molecular flexibility index (Phi) is 7.72. The molecule has 1 fully saturated rings. The number of hydrogen-bond acceptors (Lipinski definition) is 3. The van der Waals surface area contributed by atoms with Gasteiger partial charge >= 0.3 is 0 Å². The Bertz CT molecular complexity index is 684. The van der Waals surface area contributed by atoms with Gasteiger partial charge in [-0.25, -0.2) is 0 Å². The lowest BCUT2D eigenvalue weighted by Gasteiger charge is -2.31. The molecule has 2 unspecified atom stereocenters. The first-order chi connectivity index (χ1) is 13.2. The van der Waals surface area contributed by atoms with Crippen molar-refractivity contribution in [1.82, 2.24) is 15.5 Å². The monoisotopic (exact) mass is 384 g/mol. The number of nitrogens with one attached hydrogen (secondary N) is 2. The van der Waals surface area contributed by atoms with Crippen LogP contribution in [0.15, 0.2) is 52.8 Å². The molecular formula is C22H32N4S. The summed E-state index contributed by atoms with van der Waals surface area (Å²) in [6.07, 6.45) is 2.55. The Morgan fingerprint density at radius 3 is 2.85 bits per heavy atom. The SMILES string of the molecule is CCNC(=NCC1CCCN(Cc2cccs2)C1)NC(C)c1ccccc1. The van der Waals surface area contributed by atoms with Gasteiger partial charge in [0.15, 0.2) is 5.96 Å². The molecule has 0 aliphatic carbocycles. The molecule has 146 valence electrons. The summed E-state index contributed by atoms with van der Waals surface area (Å²) in [4.78, 5) is 8.95. The average Bonchev–Trinajstić information content (AvgIpc) is 3.20. The number of piperidine rings is 1. The molecule has 27 heavy (non-hydrogen) atoms. The van der Waals surface area contributed by atoms with Crippen molar-refractivity contribution < 1.29 is 0 Å². The molecule has 1 aliphatic heterocycles. The van der Waals surface area contributed by atoms with Crippen LogP contribution in [0.1, 0.15) is 43.2 Å². The van der Waals surface area contributed by atoms with Gasteiger partial charge in [0.2, 0.25) is 0 Å². The molecule has 0 spiro atoms. The molecular weight excluding hydrogens is 352 g/mol. The number of guanidine groups is 1. The smallest absolute Gasteiger partial charge is 0.191 e. The Hall–Kier alpha value is -1.85. The standard InChI is InChI=1S/C22H32N4S/c1-3-23-22(25-18(2)20-10-5-4-6-11-20)24-15-19-9-7-13-26(16-19)17-21-12-8-14-27-21/h4-6,8,10-12,14,18-19H,3,7,9,13,15-17H2,1-2H3,(H2,23,24,25). The predicted octanol–water partition coefficient (Wildman–Crippen LogP) is 4.28. The van der Waals surface area contributed by atoms with E-state index < -0.39 is 0 Å². The molecule has 1 aliphatic rings. The first-order valence-corrected chi connectivity index (χ1v) is 11.0. The van der Waals surface area contributed by atoms with Gasteiger partial charge in [0.25, 0.3) is 0 Å². The van der Waals surface area contributed by atoms with Crippen LogP contribution < -0.4 is 10.6 Å². The molecule has 0 radical (unpaired) electrons. The summed E-state index contributed by atoms with van der Waals surface area (Å²) in [5.41, 5.74) is 1.28. The number of hydrogen-bond donors (Lipinski definition) is 2. The van der Waals surface area contributed by atoms with Crippen LogP contribution in [-0.4, -0.2) is 37.0 Å². The summed E-state index contributed by atoms with van der Waals surface area (Å²) in [5, 5.41) is 9.12. The fourth-order valence-corrected chi connectivity index (χ4v) is 4.38. The zero-order chi connectivity index (χ0) is 18.9. The summed E-state index contributed by atoms with van der Waals surface area (Å²) >= 11 is 1.86. The highest BCUT2D eigenvalue weighted by Gasteiger charge is 2.20. The van der Waals surface area contributed by atoms with Gasteiger partial charge in [0.1, 0.15) is 0 Å². The first kappa shape index (κ1) is 19.9. The van der Waals surface area contributed by atoms with E-state index in [4.69, 9.17) is 4.99 Å². The van der Waals surface area contributed by atoms with Gasteiger partial charge in [0, 0.05) is 31.1 Å². The number of thiophene rings is 1. The van der Waals surface area contributed by atoms with Gasteiger partial charge in [-0.1, -0.05) is 36.4 Å². The molecule has 5 heteroatoms. The zero-order valence-corrected chi connectivity index (χ0v) is 17.3. The summed E-state index contributed by atoms with van der Waals surface area (Å²) in [5.74, 6) is 1.56. The zero-order valence-electron chi connectivity index (χ0n) is 16.5. The third-order valence-electron chi connectivity index (χ3n) is 5.07. The summed E-state index contributed by atoms with van der Waals surface area (Å²) < 4.78 is 0. The summed E-state index contributed by atoms with van der Waals surface area (Å²) in [6, 6.07) is 15.2. The van der Waals surface area contributed by atoms with Crippen molar-refractivity contribution in [3.8, 4) is 0 Å². The lowest BCUT2D eigenvalue weighted by molar-refractivity contribution is 0.172. The normalized spacial score (nSPS) is 19.6. The maximum absolute atomic E-state index is 4.90. The van der Waals surface area contributed by atoms with E-state index in [9.17, 15) is 0 Å². The maximum atomic E-state index is 4.90. The van der Waals surface area contributed by atoms with Crippen molar-refractivity contribution in [3.05, 3.63) is 58.3 Å². The highest BCUT2D eigenvalue weighted by Crippen LogP contribution is 2.20. The number of aliphatic imine (C=N–C) groups is 1. The minimum Gasteiger partial charge on any atom is -0.357 e. The van der Waals surface area contributed by atoms with Crippen LogP contribution in [0.5, 0.6) is 0 Å².